The third-order valence-electron chi connectivity index (χ3n) is 3.83. The minimum absolute atomic E-state index is 0.466. The van der Waals surface area contributed by atoms with E-state index in [-0.39, 0.29) is 0 Å². The smallest absolute Gasteiger partial charge is 0.252 e. The van der Waals surface area contributed by atoms with Gasteiger partial charge in [-0.2, -0.15) is 0 Å². The van der Waals surface area contributed by atoms with Crippen LogP contribution >= 0.6 is 0 Å². The maximum Gasteiger partial charge on any atom is 0.252 e. The predicted octanol–water partition coefficient (Wildman–Crippen LogP) is -1.17. The molecule has 24 heavy (non-hydrogen) atoms. The van der Waals surface area contributed by atoms with Crippen LogP contribution in [0.3, 0.4) is 0 Å². The maximum atomic E-state index is 12.1. The van der Waals surface area contributed by atoms with Gasteiger partial charge in [-0.3, -0.25) is 14.9 Å². The number of nitrogens with two attached hydrogens (primary N) is 2. The minimum atomic E-state index is -1.79. The zero-order chi connectivity index (χ0) is 19.1. The molecule has 0 aromatic carbocycles. The molecule has 8 heteroatoms. The highest BCUT2D eigenvalue weighted by Gasteiger charge is 2.34. The lowest BCUT2D eigenvalue weighted by atomic mass is 9.96. The van der Waals surface area contributed by atoms with E-state index < -0.39 is 41.0 Å². The van der Waals surface area contributed by atoms with E-state index in [2.05, 4.69) is 10.6 Å². The third kappa shape index (κ3) is 8.16. The number of carbonyl (C=O) groups excluding carboxylic acids is 2. The van der Waals surface area contributed by atoms with Crippen molar-refractivity contribution in [3.63, 3.8) is 0 Å². The van der Waals surface area contributed by atoms with E-state index >= 15 is 0 Å². The molecule has 0 saturated carbocycles. The Balaban J connectivity index is 4.53. The molecule has 8 N–H and O–H groups in total. The van der Waals surface area contributed by atoms with Crippen molar-refractivity contribution in [3.8, 4) is 0 Å². The van der Waals surface area contributed by atoms with E-state index in [1.807, 2.05) is 6.92 Å². The molecule has 3 unspecified atom stereocenters. The van der Waals surface area contributed by atoms with Gasteiger partial charge in [0.25, 0.3) is 5.91 Å². The number of aliphatic hydroxyl groups excluding tert-OH is 2. The normalized spacial score (nSPS) is 17.2. The van der Waals surface area contributed by atoms with E-state index in [4.69, 9.17) is 11.5 Å². The van der Waals surface area contributed by atoms with Gasteiger partial charge in [0, 0.05) is 11.5 Å². The zero-order valence-electron chi connectivity index (χ0n) is 15.4. The van der Waals surface area contributed by atoms with Crippen LogP contribution in [0, 0.1) is 5.92 Å². The molecule has 0 radical (unpaired) electrons. The van der Waals surface area contributed by atoms with Crippen LogP contribution in [0.4, 0.5) is 0 Å². The van der Waals surface area contributed by atoms with E-state index in [0.29, 0.717) is 25.9 Å². The number of carbonyl (C=O) groups is 2. The number of ketones is 1. The van der Waals surface area contributed by atoms with E-state index in [1.165, 1.54) is 0 Å². The first-order valence-corrected chi connectivity index (χ1v) is 8.29. The van der Waals surface area contributed by atoms with Crippen molar-refractivity contribution in [1.29, 1.82) is 0 Å². The fourth-order valence-electron chi connectivity index (χ4n) is 2.16. The van der Waals surface area contributed by atoms with Gasteiger partial charge in [0.2, 0.25) is 0 Å². The second-order valence-electron chi connectivity index (χ2n) is 7.45. The van der Waals surface area contributed by atoms with E-state index in [0.717, 1.165) is 0 Å². The summed E-state index contributed by atoms with van der Waals surface area (Å²) >= 11 is 0. The Labute approximate surface area is 144 Å². The zero-order valence-corrected chi connectivity index (χ0v) is 15.4. The summed E-state index contributed by atoms with van der Waals surface area (Å²) in [5.41, 5.74) is 10.3. The molecule has 0 spiro atoms. The average Bonchev–Trinajstić information content (AvgIpc) is 2.43. The Hall–Kier alpha value is -1.06. The van der Waals surface area contributed by atoms with Crippen molar-refractivity contribution in [3.05, 3.63) is 0 Å². The van der Waals surface area contributed by atoms with Gasteiger partial charge in [-0.1, -0.05) is 13.8 Å². The van der Waals surface area contributed by atoms with Gasteiger partial charge in [0.05, 0.1) is 5.66 Å². The Kier molecular flexibility index (Phi) is 9.01. The number of aliphatic hydroxyl groups is 2. The van der Waals surface area contributed by atoms with Crippen molar-refractivity contribution in [2.75, 3.05) is 13.1 Å². The molecule has 0 aliphatic carbocycles. The Morgan fingerprint density at radius 3 is 2.08 bits per heavy atom. The summed E-state index contributed by atoms with van der Waals surface area (Å²) in [5, 5.41) is 25.4. The fourth-order valence-corrected chi connectivity index (χ4v) is 2.16. The van der Waals surface area contributed by atoms with Crippen molar-refractivity contribution >= 4 is 11.7 Å². The summed E-state index contributed by atoms with van der Waals surface area (Å²) in [6, 6.07) is 0. The van der Waals surface area contributed by atoms with Crippen LogP contribution in [0.15, 0.2) is 0 Å². The lowest BCUT2D eigenvalue weighted by Crippen LogP contribution is -2.56. The molecule has 1 amide bonds. The minimum Gasteiger partial charge on any atom is -0.382 e. The van der Waals surface area contributed by atoms with Gasteiger partial charge >= 0.3 is 0 Å². The largest absolute Gasteiger partial charge is 0.382 e. The Morgan fingerprint density at radius 1 is 1.08 bits per heavy atom. The van der Waals surface area contributed by atoms with Gasteiger partial charge in [0.1, 0.15) is 6.10 Å². The summed E-state index contributed by atoms with van der Waals surface area (Å²) in [6.07, 6.45) is -2.36. The number of nitrogens with one attached hydrogen (secondary N) is 2. The highest BCUT2D eigenvalue weighted by molar-refractivity contribution is 5.92. The predicted molar refractivity (Wildman–Crippen MR) is 93.0 cm³/mol. The third-order valence-corrected chi connectivity index (χ3v) is 3.83. The van der Waals surface area contributed by atoms with Gasteiger partial charge in [-0.05, 0) is 46.7 Å². The molecule has 0 aliphatic rings. The van der Waals surface area contributed by atoms with Crippen LogP contribution < -0.4 is 22.1 Å². The first kappa shape index (κ1) is 22.9. The molecular weight excluding hydrogens is 312 g/mol. The van der Waals surface area contributed by atoms with Crippen LogP contribution in [-0.4, -0.2) is 58.4 Å². The molecule has 8 nitrogen and oxygen atoms in total. The molecular formula is C16H34N4O4. The van der Waals surface area contributed by atoms with Gasteiger partial charge in [-0.25, -0.2) is 0 Å². The second kappa shape index (κ2) is 9.43. The number of hydrogen-bond acceptors (Lipinski definition) is 7. The highest BCUT2D eigenvalue weighted by Crippen LogP contribution is 2.11. The van der Waals surface area contributed by atoms with Gasteiger partial charge < -0.3 is 27.0 Å². The molecule has 0 heterocycles. The monoisotopic (exact) mass is 346 g/mol. The average molecular weight is 346 g/mol. The number of Topliss-reactive ketones (excluding diaryl/α,β-unsaturated/α-hetero) is 1. The van der Waals surface area contributed by atoms with Gasteiger partial charge in [-0.15, -0.1) is 0 Å². The molecule has 0 fully saturated rings. The molecule has 0 aromatic rings. The maximum absolute atomic E-state index is 12.1. The molecule has 3 atom stereocenters. The lowest BCUT2D eigenvalue weighted by molar-refractivity contribution is -0.147. The Bertz CT molecular complexity index is 424. The second-order valence-corrected chi connectivity index (χ2v) is 7.45. The summed E-state index contributed by atoms with van der Waals surface area (Å²) < 4.78 is 0. The van der Waals surface area contributed by atoms with Gasteiger partial charge in [0.15, 0.2) is 11.9 Å². The van der Waals surface area contributed by atoms with Crippen LogP contribution in [0.2, 0.25) is 0 Å². The summed E-state index contributed by atoms with van der Waals surface area (Å²) in [4.78, 5) is 23.7. The molecule has 0 aliphatic heterocycles. The molecule has 0 rings (SSSR count). The summed E-state index contributed by atoms with van der Waals surface area (Å²) in [7, 11) is 0. The number of rotatable bonds is 11. The van der Waals surface area contributed by atoms with Crippen LogP contribution in [-0.2, 0) is 9.59 Å². The van der Waals surface area contributed by atoms with E-state index in [9.17, 15) is 19.8 Å². The first-order valence-electron chi connectivity index (χ1n) is 8.29. The quantitative estimate of drug-likeness (QED) is 0.258. The SMILES string of the molecule is CC(C)C(=O)C(O)C(O)C(=O)NC(C)(C)CCNC(C)(N)CCN. The lowest BCUT2D eigenvalue weighted by Gasteiger charge is -2.31. The van der Waals surface area contributed by atoms with Crippen molar-refractivity contribution in [1.82, 2.24) is 10.6 Å². The van der Waals surface area contributed by atoms with Crippen LogP contribution in [0.1, 0.15) is 47.5 Å². The summed E-state index contributed by atoms with van der Waals surface area (Å²) in [6.45, 7) is 9.59. The van der Waals surface area contributed by atoms with Crippen molar-refractivity contribution in [2.45, 2.75) is 70.9 Å². The fraction of sp³-hybridized carbons (Fsp3) is 0.875. The van der Waals surface area contributed by atoms with Crippen LogP contribution in [0.5, 0.6) is 0 Å². The molecule has 0 bridgehead atoms. The topological polar surface area (TPSA) is 151 Å². The summed E-state index contributed by atoms with van der Waals surface area (Å²) in [5.74, 6) is -1.82. The van der Waals surface area contributed by atoms with E-state index in [1.54, 1.807) is 27.7 Å². The molecule has 0 aromatic heterocycles. The highest BCUT2D eigenvalue weighted by atomic mass is 16.3. The molecule has 0 saturated heterocycles. The molecule has 142 valence electrons. The van der Waals surface area contributed by atoms with Crippen molar-refractivity contribution < 1.29 is 19.8 Å². The standard InChI is InChI=1S/C16H34N4O4/c1-10(2)11(21)12(22)13(23)14(24)20-15(3,4)7-9-19-16(5,18)6-8-17/h10,12-13,19,22-23H,6-9,17-18H2,1-5H3,(H,20,24). The number of hydrogen-bond donors (Lipinski definition) is 6. The van der Waals surface area contributed by atoms with Crippen LogP contribution in [0.25, 0.3) is 0 Å². The first-order chi connectivity index (χ1) is 10.8. The number of amides is 1. The Morgan fingerprint density at radius 2 is 1.62 bits per heavy atom. The van der Waals surface area contributed by atoms with Crippen molar-refractivity contribution in [2.24, 2.45) is 17.4 Å².